The minimum Gasteiger partial charge on any atom is -0.481 e. The fraction of sp³-hybridized carbons (Fsp3) is 0.385. The average Bonchev–Trinajstić information content (AvgIpc) is 2.92. The summed E-state index contributed by atoms with van der Waals surface area (Å²) >= 11 is 0. The van der Waals surface area contributed by atoms with Gasteiger partial charge in [0.25, 0.3) is 5.69 Å². The molecule has 0 spiro atoms. The number of aliphatic carboxylic acids is 1. The second kappa shape index (κ2) is 5.96. The molecule has 1 heterocycles. The zero-order chi connectivity index (χ0) is 16.4. The number of hydrogen-bond acceptors (Lipinski definition) is 4. The van der Waals surface area contributed by atoms with Crippen LogP contribution in [-0.4, -0.2) is 40.0 Å². The van der Waals surface area contributed by atoms with Crippen LogP contribution in [0, 0.1) is 28.8 Å². The molecule has 9 heteroatoms. The minimum absolute atomic E-state index is 0.00679. The van der Waals surface area contributed by atoms with E-state index in [1.54, 1.807) is 0 Å². The SMILES string of the molecule is Cc1c([N+](=O)[O-])ccc(F)c1NC(=O)N1CCC(C(=O)O)C1. The Morgan fingerprint density at radius 2 is 2.18 bits per heavy atom. The number of carboxylic acids is 1. The van der Waals surface area contributed by atoms with Crippen LogP contribution < -0.4 is 5.32 Å². The van der Waals surface area contributed by atoms with E-state index in [-0.39, 0.29) is 30.0 Å². The number of anilines is 1. The summed E-state index contributed by atoms with van der Waals surface area (Å²) in [6.07, 6.45) is 0.319. The number of nitrogens with one attached hydrogen (secondary N) is 1. The first kappa shape index (κ1) is 15.7. The van der Waals surface area contributed by atoms with E-state index in [2.05, 4.69) is 5.32 Å². The summed E-state index contributed by atoms with van der Waals surface area (Å²) in [5.74, 6) is -2.43. The second-order valence-electron chi connectivity index (χ2n) is 5.02. The lowest BCUT2D eigenvalue weighted by Crippen LogP contribution is -2.34. The smallest absolute Gasteiger partial charge is 0.321 e. The maximum absolute atomic E-state index is 13.8. The van der Waals surface area contributed by atoms with E-state index in [9.17, 15) is 24.1 Å². The van der Waals surface area contributed by atoms with Crippen molar-refractivity contribution >= 4 is 23.4 Å². The second-order valence-corrected chi connectivity index (χ2v) is 5.02. The van der Waals surface area contributed by atoms with Gasteiger partial charge in [-0.15, -0.1) is 0 Å². The Morgan fingerprint density at radius 1 is 1.50 bits per heavy atom. The van der Waals surface area contributed by atoms with Crippen LogP contribution >= 0.6 is 0 Å². The standard InChI is InChI=1S/C13H14FN3O5/c1-7-10(17(21)22)3-2-9(14)11(7)15-13(20)16-5-4-8(6-16)12(18)19/h2-3,8H,4-6H2,1H3,(H,15,20)(H,18,19). The predicted molar refractivity (Wildman–Crippen MR) is 74.1 cm³/mol. The van der Waals surface area contributed by atoms with Crippen molar-refractivity contribution in [2.75, 3.05) is 18.4 Å². The fourth-order valence-corrected chi connectivity index (χ4v) is 2.35. The number of halogens is 1. The van der Waals surface area contributed by atoms with E-state index in [4.69, 9.17) is 5.11 Å². The molecule has 0 bridgehead atoms. The highest BCUT2D eigenvalue weighted by atomic mass is 19.1. The lowest BCUT2D eigenvalue weighted by Gasteiger charge is -2.18. The van der Waals surface area contributed by atoms with E-state index in [1.165, 1.54) is 11.8 Å². The number of urea groups is 1. The Bertz CT molecular complexity index is 649. The van der Waals surface area contributed by atoms with Gasteiger partial charge in [0.2, 0.25) is 0 Å². The van der Waals surface area contributed by atoms with Crippen molar-refractivity contribution < 1.29 is 24.0 Å². The Labute approximate surface area is 124 Å². The number of carbonyl (C=O) groups excluding carboxylic acids is 1. The lowest BCUT2D eigenvalue weighted by atomic mass is 10.1. The first-order chi connectivity index (χ1) is 10.3. The Balaban J connectivity index is 2.17. The zero-order valence-electron chi connectivity index (χ0n) is 11.7. The molecule has 2 rings (SSSR count). The summed E-state index contributed by atoms with van der Waals surface area (Å²) in [7, 11) is 0. The van der Waals surface area contributed by atoms with Crippen LogP contribution in [0.1, 0.15) is 12.0 Å². The quantitative estimate of drug-likeness (QED) is 0.654. The summed E-state index contributed by atoms with van der Waals surface area (Å²) in [6, 6.07) is 1.26. The van der Waals surface area contributed by atoms with Crippen molar-refractivity contribution in [1.29, 1.82) is 0 Å². The van der Waals surface area contributed by atoms with Crippen LogP contribution in [0.15, 0.2) is 12.1 Å². The van der Waals surface area contributed by atoms with Crippen LogP contribution in [0.5, 0.6) is 0 Å². The molecule has 1 aromatic rings. The molecule has 1 saturated heterocycles. The van der Waals surface area contributed by atoms with Gasteiger partial charge in [0.05, 0.1) is 22.1 Å². The summed E-state index contributed by atoms with van der Waals surface area (Å²) in [6.45, 7) is 1.59. The summed E-state index contributed by atoms with van der Waals surface area (Å²) < 4.78 is 13.8. The normalized spacial score (nSPS) is 17.4. The van der Waals surface area contributed by atoms with Crippen LogP contribution in [-0.2, 0) is 4.79 Å². The number of nitro groups is 1. The monoisotopic (exact) mass is 311 g/mol. The van der Waals surface area contributed by atoms with Crippen molar-refractivity contribution in [2.45, 2.75) is 13.3 Å². The Hall–Kier alpha value is -2.71. The fourth-order valence-electron chi connectivity index (χ4n) is 2.35. The molecule has 118 valence electrons. The van der Waals surface area contributed by atoms with Crippen LogP contribution in [0.4, 0.5) is 20.6 Å². The highest BCUT2D eigenvalue weighted by Crippen LogP contribution is 2.29. The third-order valence-electron chi connectivity index (χ3n) is 3.64. The minimum atomic E-state index is -0.993. The van der Waals surface area contributed by atoms with Gasteiger partial charge in [-0.25, -0.2) is 9.18 Å². The molecule has 1 aliphatic rings. The Morgan fingerprint density at radius 3 is 2.73 bits per heavy atom. The number of carbonyl (C=O) groups is 2. The number of benzene rings is 1. The molecule has 1 aliphatic heterocycles. The van der Waals surface area contributed by atoms with Gasteiger partial charge in [0.1, 0.15) is 5.82 Å². The van der Waals surface area contributed by atoms with E-state index in [0.29, 0.717) is 6.42 Å². The van der Waals surface area contributed by atoms with Crippen LogP contribution in [0.25, 0.3) is 0 Å². The van der Waals surface area contributed by atoms with Gasteiger partial charge in [-0.2, -0.15) is 0 Å². The maximum Gasteiger partial charge on any atom is 0.321 e. The first-order valence-corrected chi connectivity index (χ1v) is 6.53. The molecule has 2 amide bonds. The molecule has 1 atom stereocenters. The predicted octanol–water partition coefficient (Wildman–Crippen LogP) is 1.98. The highest BCUT2D eigenvalue weighted by molar-refractivity contribution is 5.91. The van der Waals surface area contributed by atoms with Gasteiger partial charge >= 0.3 is 12.0 Å². The van der Waals surface area contributed by atoms with Crippen molar-refractivity contribution in [1.82, 2.24) is 4.90 Å². The lowest BCUT2D eigenvalue weighted by molar-refractivity contribution is -0.385. The summed E-state index contributed by atoms with van der Waals surface area (Å²) in [4.78, 5) is 34.3. The van der Waals surface area contributed by atoms with E-state index < -0.39 is 28.7 Å². The molecule has 0 saturated carbocycles. The third kappa shape index (κ3) is 2.97. The molecule has 1 unspecified atom stereocenters. The molecule has 0 aromatic heterocycles. The van der Waals surface area contributed by atoms with Crippen LogP contribution in [0.3, 0.4) is 0 Å². The molecule has 8 nitrogen and oxygen atoms in total. The summed E-state index contributed by atoms with van der Waals surface area (Å²) in [5, 5.41) is 22.0. The van der Waals surface area contributed by atoms with Crippen LogP contribution in [0.2, 0.25) is 0 Å². The number of rotatable bonds is 3. The first-order valence-electron chi connectivity index (χ1n) is 6.53. The number of nitro benzene ring substituents is 1. The van der Waals surface area contributed by atoms with Gasteiger partial charge in [-0.3, -0.25) is 14.9 Å². The number of carboxylic acid groups (broad SMARTS) is 1. The largest absolute Gasteiger partial charge is 0.481 e. The molecule has 0 radical (unpaired) electrons. The average molecular weight is 311 g/mol. The van der Waals surface area contributed by atoms with E-state index >= 15 is 0 Å². The molecular formula is C13H14FN3O5. The Kier molecular flexibility index (Phi) is 4.25. The van der Waals surface area contributed by atoms with E-state index in [0.717, 1.165) is 12.1 Å². The molecule has 2 N–H and O–H groups in total. The zero-order valence-corrected chi connectivity index (χ0v) is 11.7. The number of amides is 2. The van der Waals surface area contributed by atoms with Crippen molar-refractivity contribution in [3.8, 4) is 0 Å². The molecule has 22 heavy (non-hydrogen) atoms. The van der Waals surface area contributed by atoms with Gasteiger partial charge in [-0.05, 0) is 19.4 Å². The maximum atomic E-state index is 13.8. The topological polar surface area (TPSA) is 113 Å². The molecular weight excluding hydrogens is 297 g/mol. The molecule has 1 fully saturated rings. The van der Waals surface area contributed by atoms with Crippen molar-refractivity contribution in [2.24, 2.45) is 5.92 Å². The summed E-state index contributed by atoms with van der Waals surface area (Å²) in [5.41, 5.74) is -0.563. The molecule has 0 aliphatic carbocycles. The number of likely N-dealkylation sites (tertiary alicyclic amines) is 1. The number of hydrogen-bond donors (Lipinski definition) is 2. The van der Waals surface area contributed by atoms with Crippen molar-refractivity contribution in [3.05, 3.63) is 33.6 Å². The third-order valence-corrected chi connectivity index (χ3v) is 3.64. The van der Waals surface area contributed by atoms with Gasteiger partial charge in [-0.1, -0.05) is 0 Å². The highest BCUT2D eigenvalue weighted by Gasteiger charge is 2.31. The molecule has 1 aromatic carbocycles. The van der Waals surface area contributed by atoms with Gasteiger partial charge in [0, 0.05) is 19.2 Å². The van der Waals surface area contributed by atoms with Gasteiger partial charge < -0.3 is 15.3 Å². The van der Waals surface area contributed by atoms with Crippen molar-refractivity contribution in [3.63, 3.8) is 0 Å². The number of nitrogens with zero attached hydrogens (tertiary/aromatic N) is 2. The van der Waals surface area contributed by atoms with Gasteiger partial charge in [0.15, 0.2) is 0 Å². The van der Waals surface area contributed by atoms with E-state index in [1.807, 2.05) is 0 Å².